The molecule has 0 unspecified atom stereocenters. The standard InChI is InChI=1S/C21H20O/c1-15-7-9-17(10-8-15)20-5-4-6-21(16(20)2)18-11-13-19(22-3)14-12-18/h4-14H,1-3H3. The molecule has 0 aliphatic carbocycles. The van der Waals surface area contributed by atoms with Crippen molar-refractivity contribution in [3.8, 4) is 28.0 Å². The van der Waals surface area contributed by atoms with Crippen LogP contribution >= 0.6 is 0 Å². The second-order valence-corrected chi connectivity index (χ2v) is 5.57. The summed E-state index contributed by atoms with van der Waals surface area (Å²) in [6, 6.07) is 23.4. The van der Waals surface area contributed by atoms with Gasteiger partial charge in [0.05, 0.1) is 7.11 Å². The van der Waals surface area contributed by atoms with Crippen LogP contribution in [0.2, 0.25) is 0 Å². The quantitative estimate of drug-likeness (QED) is 0.605. The van der Waals surface area contributed by atoms with Crippen LogP contribution in [0.25, 0.3) is 22.3 Å². The lowest BCUT2D eigenvalue weighted by Crippen LogP contribution is -1.89. The summed E-state index contributed by atoms with van der Waals surface area (Å²) < 4.78 is 5.24. The molecule has 3 aromatic rings. The van der Waals surface area contributed by atoms with Gasteiger partial charge in [-0.25, -0.2) is 0 Å². The van der Waals surface area contributed by atoms with Crippen molar-refractivity contribution in [2.24, 2.45) is 0 Å². The Morgan fingerprint density at radius 1 is 0.636 bits per heavy atom. The van der Waals surface area contributed by atoms with Gasteiger partial charge < -0.3 is 4.74 Å². The zero-order chi connectivity index (χ0) is 15.5. The van der Waals surface area contributed by atoms with E-state index in [1.54, 1.807) is 7.11 Å². The Bertz CT molecular complexity index is 768. The van der Waals surface area contributed by atoms with Crippen LogP contribution in [0.4, 0.5) is 0 Å². The lowest BCUT2D eigenvalue weighted by Gasteiger charge is -2.12. The van der Waals surface area contributed by atoms with E-state index in [9.17, 15) is 0 Å². The first-order valence-electron chi connectivity index (χ1n) is 7.50. The predicted octanol–water partition coefficient (Wildman–Crippen LogP) is 5.65. The lowest BCUT2D eigenvalue weighted by atomic mass is 9.92. The van der Waals surface area contributed by atoms with Crippen molar-refractivity contribution < 1.29 is 4.74 Å². The second kappa shape index (κ2) is 6.07. The molecule has 0 saturated carbocycles. The minimum Gasteiger partial charge on any atom is -0.497 e. The molecule has 0 atom stereocenters. The number of ether oxygens (including phenoxy) is 1. The smallest absolute Gasteiger partial charge is 0.118 e. The average molecular weight is 288 g/mol. The fourth-order valence-electron chi connectivity index (χ4n) is 2.76. The highest BCUT2D eigenvalue weighted by Gasteiger charge is 2.08. The van der Waals surface area contributed by atoms with E-state index in [0.717, 1.165) is 5.75 Å². The Kier molecular flexibility index (Phi) is 3.97. The van der Waals surface area contributed by atoms with Crippen LogP contribution in [-0.2, 0) is 0 Å². The van der Waals surface area contributed by atoms with Gasteiger partial charge in [-0.1, -0.05) is 60.2 Å². The molecule has 0 aliphatic heterocycles. The minimum absolute atomic E-state index is 0.885. The zero-order valence-corrected chi connectivity index (χ0v) is 13.3. The first kappa shape index (κ1) is 14.4. The molecule has 0 spiro atoms. The molecule has 0 bridgehead atoms. The van der Waals surface area contributed by atoms with Gasteiger partial charge in [-0.3, -0.25) is 0 Å². The van der Waals surface area contributed by atoms with Gasteiger partial charge >= 0.3 is 0 Å². The number of rotatable bonds is 3. The molecule has 1 nitrogen and oxygen atoms in total. The summed E-state index contributed by atoms with van der Waals surface area (Å²) in [5.41, 5.74) is 7.61. The maximum absolute atomic E-state index is 5.24. The van der Waals surface area contributed by atoms with Gasteiger partial charge in [0, 0.05) is 0 Å². The second-order valence-electron chi connectivity index (χ2n) is 5.57. The summed E-state index contributed by atoms with van der Waals surface area (Å²) in [6.45, 7) is 4.30. The fraction of sp³-hybridized carbons (Fsp3) is 0.143. The van der Waals surface area contributed by atoms with Crippen molar-refractivity contribution in [1.82, 2.24) is 0 Å². The summed E-state index contributed by atoms with van der Waals surface area (Å²) in [5.74, 6) is 0.885. The zero-order valence-electron chi connectivity index (χ0n) is 13.3. The lowest BCUT2D eigenvalue weighted by molar-refractivity contribution is 0.415. The summed E-state index contributed by atoms with van der Waals surface area (Å²) in [6.07, 6.45) is 0. The molecule has 0 aromatic heterocycles. The number of benzene rings is 3. The molecule has 0 heterocycles. The Morgan fingerprint density at radius 2 is 1.14 bits per heavy atom. The average Bonchev–Trinajstić information content (AvgIpc) is 2.56. The van der Waals surface area contributed by atoms with Crippen LogP contribution < -0.4 is 4.74 Å². The highest BCUT2D eigenvalue weighted by atomic mass is 16.5. The molecule has 110 valence electrons. The van der Waals surface area contributed by atoms with E-state index in [2.05, 4.69) is 68.4 Å². The van der Waals surface area contributed by atoms with Gasteiger partial charge in [-0.15, -0.1) is 0 Å². The van der Waals surface area contributed by atoms with Gasteiger partial charge in [0.2, 0.25) is 0 Å². The summed E-state index contributed by atoms with van der Waals surface area (Å²) in [7, 11) is 1.69. The summed E-state index contributed by atoms with van der Waals surface area (Å²) >= 11 is 0. The minimum atomic E-state index is 0.885. The molecule has 1 heteroatoms. The monoisotopic (exact) mass is 288 g/mol. The molecular formula is C21H20O. The van der Waals surface area contributed by atoms with E-state index < -0.39 is 0 Å². The molecule has 0 radical (unpaired) electrons. The highest BCUT2D eigenvalue weighted by molar-refractivity contribution is 5.78. The Balaban J connectivity index is 2.06. The normalized spacial score (nSPS) is 10.5. The van der Waals surface area contributed by atoms with Gasteiger partial charge in [0.15, 0.2) is 0 Å². The number of hydrogen-bond acceptors (Lipinski definition) is 1. The maximum atomic E-state index is 5.24. The Morgan fingerprint density at radius 3 is 1.64 bits per heavy atom. The summed E-state index contributed by atoms with van der Waals surface area (Å²) in [5, 5.41) is 0. The molecule has 3 rings (SSSR count). The van der Waals surface area contributed by atoms with Crippen molar-refractivity contribution >= 4 is 0 Å². The largest absolute Gasteiger partial charge is 0.497 e. The maximum Gasteiger partial charge on any atom is 0.118 e. The highest BCUT2D eigenvalue weighted by Crippen LogP contribution is 2.32. The van der Waals surface area contributed by atoms with E-state index in [0.29, 0.717) is 0 Å². The van der Waals surface area contributed by atoms with Crippen LogP contribution in [0, 0.1) is 13.8 Å². The first-order chi connectivity index (χ1) is 10.7. The van der Waals surface area contributed by atoms with E-state index in [1.807, 2.05) is 12.1 Å². The third-order valence-corrected chi connectivity index (χ3v) is 4.10. The van der Waals surface area contributed by atoms with Crippen LogP contribution in [-0.4, -0.2) is 7.11 Å². The Labute approximate surface area is 132 Å². The van der Waals surface area contributed by atoms with Crippen molar-refractivity contribution in [3.05, 3.63) is 77.9 Å². The van der Waals surface area contributed by atoms with E-state index in [1.165, 1.54) is 33.4 Å². The molecule has 0 amide bonds. The van der Waals surface area contributed by atoms with E-state index in [-0.39, 0.29) is 0 Å². The van der Waals surface area contributed by atoms with E-state index in [4.69, 9.17) is 4.74 Å². The van der Waals surface area contributed by atoms with E-state index >= 15 is 0 Å². The van der Waals surface area contributed by atoms with Crippen LogP contribution in [0.1, 0.15) is 11.1 Å². The molecule has 3 aromatic carbocycles. The summed E-state index contributed by atoms with van der Waals surface area (Å²) in [4.78, 5) is 0. The Hall–Kier alpha value is -2.54. The molecule has 0 saturated heterocycles. The van der Waals surface area contributed by atoms with Crippen LogP contribution in [0.5, 0.6) is 5.75 Å². The molecule has 0 fully saturated rings. The first-order valence-corrected chi connectivity index (χ1v) is 7.50. The van der Waals surface area contributed by atoms with Gasteiger partial charge in [0.25, 0.3) is 0 Å². The van der Waals surface area contributed by atoms with Crippen molar-refractivity contribution in [1.29, 1.82) is 0 Å². The van der Waals surface area contributed by atoms with Gasteiger partial charge in [-0.05, 0) is 53.8 Å². The number of aryl methyl sites for hydroxylation is 1. The topological polar surface area (TPSA) is 9.23 Å². The molecule has 0 aliphatic rings. The molecular weight excluding hydrogens is 268 g/mol. The molecule has 0 N–H and O–H groups in total. The van der Waals surface area contributed by atoms with Crippen LogP contribution in [0.3, 0.4) is 0 Å². The third kappa shape index (κ3) is 2.75. The van der Waals surface area contributed by atoms with Crippen molar-refractivity contribution in [3.63, 3.8) is 0 Å². The molecule has 22 heavy (non-hydrogen) atoms. The van der Waals surface area contributed by atoms with Crippen molar-refractivity contribution in [2.45, 2.75) is 13.8 Å². The third-order valence-electron chi connectivity index (χ3n) is 4.10. The van der Waals surface area contributed by atoms with Crippen molar-refractivity contribution in [2.75, 3.05) is 7.11 Å². The van der Waals surface area contributed by atoms with Gasteiger partial charge in [0.1, 0.15) is 5.75 Å². The predicted molar refractivity (Wildman–Crippen MR) is 93.3 cm³/mol. The SMILES string of the molecule is COc1ccc(-c2cccc(-c3ccc(C)cc3)c2C)cc1. The number of methoxy groups -OCH3 is 1. The number of hydrogen-bond donors (Lipinski definition) is 0. The van der Waals surface area contributed by atoms with Crippen LogP contribution in [0.15, 0.2) is 66.7 Å². The fourth-order valence-corrected chi connectivity index (χ4v) is 2.76. The van der Waals surface area contributed by atoms with Gasteiger partial charge in [-0.2, -0.15) is 0 Å².